The van der Waals surface area contributed by atoms with E-state index in [0.29, 0.717) is 0 Å². The summed E-state index contributed by atoms with van der Waals surface area (Å²) in [5.74, 6) is 4.23. The molecule has 0 heterocycles. The number of halogens is 1. The number of fused-ring (bicyclic) bond motifs is 2. The molecule has 110 valence electrons. The lowest BCUT2D eigenvalue weighted by molar-refractivity contribution is 0.138. The van der Waals surface area contributed by atoms with Crippen LogP contribution in [0.2, 0.25) is 0 Å². The van der Waals surface area contributed by atoms with Crippen LogP contribution in [0.1, 0.15) is 37.7 Å². The van der Waals surface area contributed by atoms with Crippen LogP contribution in [0.25, 0.3) is 0 Å². The van der Waals surface area contributed by atoms with Crippen molar-refractivity contribution in [2.24, 2.45) is 23.7 Å². The van der Waals surface area contributed by atoms with Gasteiger partial charge < -0.3 is 5.32 Å². The lowest BCUT2D eigenvalue weighted by Crippen LogP contribution is -2.44. The minimum Gasteiger partial charge on any atom is -0.313 e. The highest BCUT2D eigenvalue weighted by Gasteiger charge is 2.48. The number of hydrogen-bond donors (Lipinski definition) is 1. The van der Waals surface area contributed by atoms with E-state index >= 15 is 0 Å². The van der Waals surface area contributed by atoms with Gasteiger partial charge in [0, 0.05) is 6.04 Å². The zero-order valence-corrected chi connectivity index (χ0v) is 12.9. The van der Waals surface area contributed by atoms with Gasteiger partial charge in [-0.05, 0) is 74.3 Å². The van der Waals surface area contributed by atoms with Crippen LogP contribution in [-0.2, 0) is 6.42 Å². The largest absolute Gasteiger partial charge is 0.313 e. The summed E-state index contributed by atoms with van der Waals surface area (Å²) < 4.78 is 0. The molecule has 0 aliphatic heterocycles. The molecule has 1 N–H and O–H groups in total. The van der Waals surface area contributed by atoms with Gasteiger partial charge >= 0.3 is 0 Å². The third-order valence-electron chi connectivity index (χ3n) is 5.92. The molecule has 20 heavy (non-hydrogen) atoms. The predicted molar refractivity (Wildman–Crippen MR) is 86.2 cm³/mol. The molecule has 3 aliphatic rings. The molecule has 5 unspecified atom stereocenters. The Hall–Kier alpha value is -0.530. The highest BCUT2D eigenvalue weighted by molar-refractivity contribution is 5.85. The molecule has 3 bridgehead atoms. The molecule has 0 aromatic heterocycles. The number of hydrogen-bond acceptors (Lipinski definition) is 1. The van der Waals surface area contributed by atoms with Crippen molar-refractivity contribution in [2.75, 3.05) is 6.54 Å². The summed E-state index contributed by atoms with van der Waals surface area (Å²) in [6.07, 6.45) is 8.83. The smallest absolute Gasteiger partial charge is 0.0101 e. The van der Waals surface area contributed by atoms with Crippen LogP contribution < -0.4 is 5.32 Å². The van der Waals surface area contributed by atoms with E-state index in [-0.39, 0.29) is 12.4 Å². The van der Waals surface area contributed by atoms with E-state index in [0.717, 1.165) is 36.3 Å². The van der Waals surface area contributed by atoms with Crippen LogP contribution in [0.3, 0.4) is 0 Å². The molecule has 0 saturated heterocycles. The van der Waals surface area contributed by atoms with Crippen LogP contribution in [-0.4, -0.2) is 12.6 Å². The predicted octanol–water partition coefficient (Wildman–Crippen LogP) is 4.07. The van der Waals surface area contributed by atoms with E-state index in [4.69, 9.17) is 0 Å². The second-order valence-corrected chi connectivity index (χ2v) is 7.13. The zero-order valence-electron chi connectivity index (χ0n) is 12.1. The topological polar surface area (TPSA) is 12.0 Å². The Labute approximate surface area is 128 Å². The standard InChI is InChI=1S/C18H25N.ClH/c1-2-4-13(5-3-1)6-7-19-18-12-15-8-14-9-16(10-15)17(18)11-14;/h1-5,14-19H,6-12H2;1H. The van der Waals surface area contributed by atoms with Crippen molar-refractivity contribution >= 4 is 12.4 Å². The molecule has 1 aromatic carbocycles. The second kappa shape index (κ2) is 6.07. The van der Waals surface area contributed by atoms with Gasteiger partial charge in [0.2, 0.25) is 0 Å². The highest BCUT2D eigenvalue weighted by atomic mass is 35.5. The molecule has 0 spiro atoms. The van der Waals surface area contributed by atoms with Gasteiger partial charge in [0.05, 0.1) is 0 Å². The molecule has 1 nitrogen and oxygen atoms in total. The molecule has 3 fully saturated rings. The van der Waals surface area contributed by atoms with Gasteiger partial charge in [-0.1, -0.05) is 30.3 Å². The van der Waals surface area contributed by atoms with E-state index in [2.05, 4.69) is 35.6 Å². The van der Waals surface area contributed by atoms with Crippen LogP contribution in [0.5, 0.6) is 0 Å². The highest BCUT2D eigenvalue weighted by Crippen LogP contribution is 2.54. The summed E-state index contributed by atoms with van der Waals surface area (Å²) in [5, 5.41) is 3.90. The Morgan fingerprint density at radius 3 is 2.45 bits per heavy atom. The van der Waals surface area contributed by atoms with E-state index in [1.807, 2.05) is 0 Å². The fourth-order valence-corrected chi connectivity index (χ4v) is 5.24. The van der Waals surface area contributed by atoms with Gasteiger partial charge in [-0.2, -0.15) is 0 Å². The molecular formula is C18H26ClN. The van der Waals surface area contributed by atoms with Crippen molar-refractivity contribution in [1.29, 1.82) is 0 Å². The van der Waals surface area contributed by atoms with Crippen molar-refractivity contribution in [2.45, 2.75) is 44.6 Å². The second-order valence-electron chi connectivity index (χ2n) is 7.13. The van der Waals surface area contributed by atoms with Crippen LogP contribution in [0, 0.1) is 23.7 Å². The first-order chi connectivity index (χ1) is 9.38. The van der Waals surface area contributed by atoms with Crippen LogP contribution in [0.15, 0.2) is 30.3 Å². The lowest BCUT2D eigenvalue weighted by Gasteiger charge is -2.40. The van der Waals surface area contributed by atoms with Gasteiger partial charge in [-0.15, -0.1) is 12.4 Å². The van der Waals surface area contributed by atoms with Gasteiger partial charge in [-0.3, -0.25) is 0 Å². The first-order valence-electron chi connectivity index (χ1n) is 8.16. The quantitative estimate of drug-likeness (QED) is 0.882. The maximum absolute atomic E-state index is 3.90. The van der Waals surface area contributed by atoms with E-state index in [9.17, 15) is 0 Å². The Morgan fingerprint density at radius 1 is 0.900 bits per heavy atom. The van der Waals surface area contributed by atoms with Crippen molar-refractivity contribution in [3.05, 3.63) is 35.9 Å². The monoisotopic (exact) mass is 291 g/mol. The van der Waals surface area contributed by atoms with Crippen molar-refractivity contribution in [1.82, 2.24) is 5.32 Å². The SMILES string of the molecule is Cl.c1ccc(CCNC2CC3CC4CC(C3)C2C4)cc1. The van der Waals surface area contributed by atoms with Crippen molar-refractivity contribution in [3.63, 3.8) is 0 Å². The summed E-state index contributed by atoms with van der Waals surface area (Å²) in [5.41, 5.74) is 1.47. The Kier molecular flexibility index (Phi) is 4.37. The molecule has 0 radical (unpaired) electrons. The Balaban J connectivity index is 0.00000121. The first kappa shape index (κ1) is 14.4. The summed E-state index contributed by atoms with van der Waals surface area (Å²) >= 11 is 0. The van der Waals surface area contributed by atoms with Gasteiger partial charge in [0.1, 0.15) is 0 Å². The first-order valence-corrected chi connectivity index (χ1v) is 8.16. The van der Waals surface area contributed by atoms with Gasteiger partial charge in [0.15, 0.2) is 0 Å². The van der Waals surface area contributed by atoms with E-state index < -0.39 is 0 Å². The van der Waals surface area contributed by atoms with E-state index in [1.54, 1.807) is 19.3 Å². The molecule has 5 atom stereocenters. The number of rotatable bonds is 4. The normalized spacial score (nSPS) is 37.7. The zero-order chi connectivity index (χ0) is 12.7. The number of benzene rings is 1. The minimum atomic E-state index is 0. The minimum absolute atomic E-state index is 0. The maximum atomic E-state index is 3.90. The van der Waals surface area contributed by atoms with Gasteiger partial charge in [-0.25, -0.2) is 0 Å². The van der Waals surface area contributed by atoms with Crippen molar-refractivity contribution < 1.29 is 0 Å². The summed E-state index contributed by atoms with van der Waals surface area (Å²) in [4.78, 5) is 0. The van der Waals surface area contributed by atoms with E-state index in [1.165, 1.54) is 24.8 Å². The molecule has 1 aromatic rings. The third kappa shape index (κ3) is 2.76. The molecular weight excluding hydrogens is 266 g/mol. The maximum Gasteiger partial charge on any atom is 0.0101 e. The van der Waals surface area contributed by atoms with Crippen molar-refractivity contribution in [3.8, 4) is 0 Å². The Morgan fingerprint density at radius 2 is 1.65 bits per heavy atom. The molecule has 4 rings (SSSR count). The summed E-state index contributed by atoms with van der Waals surface area (Å²) in [7, 11) is 0. The molecule has 3 aliphatic carbocycles. The summed E-state index contributed by atoms with van der Waals surface area (Å²) in [6.45, 7) is 1.16. The third-order valence-corrected chi connectivity index (χ3v) is 5.92. The lowest BCUT2D eigenvalue weighted by atomic mass is 9.70. The van der Waals surface area contributed by atoms with Gasteiger partial charge in [0.25, 0.3) is 0 Å². The fourth-order valence-electron chi connectivity index (χ4n) is 5.24. The average molecular weight is 292 g/mol. The van der Waals surface area contributed by atoms with Crippen LogP contribution in [0.4, 0.5) is 0 Å². The fraction of sp³-hybridized carbons (Fsp3) is 0.667. The molecule has 3 saturated carbocycles. The molecule has 0 amide bonds. The molecule has 2 heteroatoms. The summed E-state index contributed by atoms with van der Waals surface area (Å²) in [6, 6.07) is 11.7. The number of nitrogens with one attached hydrogen (secondary N) is 1. The van der Waals surface area contributed by atoms with Crippen LogP contribution >= 0.6 is 12.4 Å². The Bertz CT molecular complexity index is 430. The average Bonchev–Trinajstić information content (AvgIpc) is 2.66.